The lowest BCUT2D eigenvalue weighted by Crippen LogP contribution is -2.49. The number of amides is 4. The minimum atomic E-state index is -0.755. The fourth-order valence-electron chi connectivity index (χ4n) is 5.53. The van der Waals surface area contributed by atoms with Gasteiger partial charge in [-0.3, -0.25) is 29.5 Å². The zero-order valence-electron chi connectivity index (χ0n) is 20.9. The number of likely N-dealkylation sites (tertiary alicyclic amines) is 2. The molecule has 0 aliphatic carbocycles. The summed E-state index contributed by atoms with van der Waals surface area (Å²) < 4.78 is 5.41. The second-order valence-corrected chi connectivity index (χ2v) is 10.1. The molecule has 2 N–H and O–H groups in total. The molecule has 0 unspecified atom stereocenters. The molecule has 0 bridgehead atoms. The molecule has 10 heteroatoms. The number of carbonyl (C=O) groups is 4. The van der Waals surface area contributed by atoms with Crippen LogP contribution < -0.4 is 15.0 Å². The Hall–Kier alpha value is -3.14. The quantitative estimate of drug-likeness (QED) is 0.563. The van der Waals surface area contributed by atoms with Crippen molar-refractivity contribution in [3.05, 3.63) is 23.8 Å². The summed E-state index contributed by atoms with van der Waals surface area (Å²) in [6.07, 6.45) is 6.60. The third-order valence-electron chi connectivity index (χ3n) is 7.72. The smallest absolute Gasteiger partial charge is 0.328 e. The number of methoxy groups -OCH3 is 1. The molecule has 0 aromatic heterocycles. The first-order valence-corrected chi connectivity index (χ1v) is 12.9. The van der Waals surface area contributed by atoms with E-state index < -0.39 is 12.0 Å². The van der Waals surface area contributed by atoms with E-state index in [4.69, 9.17) is 9.84 Å². The fraction of sp³-hybridized carbons (Fsp3) is 0.615. The number of hydrogen-bond acceptors (Lipinski definition) is 6. The highest BCUT2D eigenvalue weighted by molar-refractivity contribution is 6.07. The van der Waals surface area contributed by atoms with Crippen LogP contribution in [0.25, 0.3) is 0 Å². The predicted molar refractivity (Wildman–Crippen MR) is 133 cm³/mol. The number of rotatable bonds is 8. The Morgan fingerprint density at radius 3 is 2.22 bits per heavy atom. The van der Waals surface area contributed by atoms with Gasteiger partial charge in [0.05, 0.1) is 19.3 Å². The molecule has 3 aliphatic rings. The highest BCUT2D eigenvalue weighted by Gasteiger charge is 2.29. The van der Waals surface area contributed by atoms with Crippen LogP contribution in [0.1, 0.15) is 55.3 Å². The van der Waals surface area contributed by atoms with Gasteiger partial charge in [-0.1, -0.05) is 12.8 Å². The number of urea groups is 1. The van der Waals surface area contributed by atoms with E-state index in [2.05, 4.69) is 5.32 Å². The maximum atomic E-state index is 13.3. The number of aliphatic carboxylic acids is 1. The van der Waals surface area contributed by atoms with Crippen molar-refractivity contribution in [2.24, 2.45) is 11.8 Å². The van der Waals surface area contributed by atoms with Crippen LogP contribution in [0.3, 0.4) is 0 Å². The Morgan fingerprint density at radius 2 is 1.64 bits per heavy atom. The molecule has 10 nitrogen and oxygen atoms in total. The number of nitrogens with one attached hydrogen (secondary N) is 1. The third kappa shape index (κ3) is 6.34. The Morgan fingerprint density at radius 1 is 1.00 bits per heavy atom. The number of benzene rings is 1. The summed E-state index contributed by atoms with van der Waals surface area (Å²) in [6, 6.07) is 4.59. The second-order valence-electron chi connectivity index (χ2n) is 10.1. The summed E-state index contributed by atoms with van der Waals surface area (Å²) >= 11 is 0. The van der Waals surface area contributed by atoms with E-state index in [-0.39, 0.29) is 31.3 Å². The molecule has 3 heterocycles. The van der Waals surface area contributed by atoms with Crippen molar-refractivity contribution in [3.63, 3.8) is 0 Å². The summed E-state index contributed by atoms with van der Waals surface area (Å²) in [4.78, 5) is 53.3. The Balaban J connectivity index is 1.28. The first-order valence-electron chi connectivity index (χ1n) is 12.9. The molecule has 3 saturated heterocycles. The number of ether oxygens (including phenoxy) is 1. The minimum absolute atomic E-state index is 0.0587. The van der Waals surface area contributed by atoms with Crippen LogP contribution in [0.2, 0.25) is 0 Å². The monoisotopic (exact) mass is 500 g/mol. The fourth-order valence-corrected chi connectivity index (χ4v) is 5.53. The van der Waals surface area contributed by atoms with E-state index >= 15 is 0 Å². The number of carboxylic acids is 1. The molecule has 4 rings (SSSR count). The number of anilines is 1. The van der Waals surface area contributed by atoms with Gasteiger partial charge in [-0.05, 0) is 68.8 Å². The van der Waals surface area contributed by atoms with E-state index in [1.165, 1.54) is 18.4 Å². The van der Waals surface area contributed by atoms with Gasteiger partial charge in [0.2, 0.25) is 5.91 Å². The molecule has 0 atom stereocenters. The molecule has 36 heavy (non-hydrogen) atoms. The lowest BCUT2D eigenvalue weighted by Gasteiger charge is -2.34. The van der Waals surface area contributed by atoms with E-state index in [1.807, 2.05) is 9.80 Å². The average molecular weight is 501 g/mol. The lowest BCUT2D eigenvalue weighted by molar-refractivity contribution is -0.138. The molecule has 196 valence electrons. The van der Waals surface area contributed by atoms with Gasteiger partial charge in [0.1, 0.15) is 5.75 Å². The summed E-state index contributed by atoms with van der Waals surface area (Å²) in [5, 5.41) is 11.3. The maximum Gasteiger partial charge on any atom is 0.328 e. The van der Waals surface area contributed by atoms with Crippen molar-refractivity contribution >= 4 is 29.5 Å². The number of carboxylic acid groups (broad SMARTS) is 1. The van der Waals surface area contributed by atoms with Crippen molar-refractivity contribution in [2.45, 2.75) is 44.9 Å². The zero-order chi connectivity index (χ0) is 25.7. The molecule has 0 radical (unpaired) electrons. The molecule has 3 aliphatic heterocycles. The Kier molecular flexibility index (Phi) is 8.45. The highest BCUT2D eigenvalue weighted by Crippen LogP contribution is 2.32. The third-order valence-corrected chi connectivity index (χ3v) is 7.72. The van der Waals surface area contributed by atoms with Crippen LogP contribution in [0.5, 0.6) is 5.75 Å². The van der Waals surface area contributed by atoms with E-state index in [1.54, 1.807) is 18.2 Å². The van der Waals surface area contributed by atoms with Gasteiger partial charge < -0.3 is 14.7 Å². The first kappa shape index (κ1) is 25.9. The first-order chi connectivity index (χ1) is 17.3. The van der Waals surface area contributed by atoms with Gasteiger partial charge in [-0.25, -0.2) is 4.79 Å². The number of imide groups is 1. The lowest BCUT2D eigenvalue weighted by atomic mass is 9.85. The van der Waals surface area contributed by atoms with Crippen LogP contribution in [0, 0.1) is 11.8 Å². The number of piperidine rings is 2. The van der Waals surface area contributed by atoms with Crippen LogP contribution >= 0.6 is 0 Å². The molecule has 0 spiro atoms. The number of nitrogens with zero attached hydrogens (tertiary/aromatic N) is 3. The molecular weight excluding hydrogens is 464 g/mol. The number of carbonyl (C=O) groups excluding carboxylic acids is 3. The second kappa shape index (κ2) is 11.7. The van der Waals surface area contributed by atoms with E-state index in [0.29, 0.717) is 41.9 Å². The highest BCUT2D eigenvalue weighted by atomic mass is 16.5. The van der Waals surface area contributed by atoms with Crippen LogP contribution in [-0.2, 0) is 9.59 Å². The van der Waals surface area contributed by atoms with Gasteiger partial charge in [0.25, 0.3) is 5.91 Å². The zero-order valence-corrected chi connectivity index (χ0v) is 20.9. The number of hydrogen-bond donors (Lipinski definition) is 2. The summed E-state index contributed by atoms with van der Waals surface area (Å²) in [5.74, 6) is 0.616. The minimum Gasteiger partial charge on any atom is -0.495 e. The van der Waals surface area contributed by atoms with Crippen molar-refractivity contribution in [1.29, 1.82) is 0 Å². The average Bonchev–Trinajstić information content (AvgIpc) is 2.87. The molecule has 1 aromatic rings. The van der Waals surface area contributed by atoms with Crippen molar-refractivity contribution in [1.82, 2.24) is 15.1 Å². The Labute approximate surface area is 211 Å². The van der Waals surface area contributed by atoms with Crippen LogP contribution in [-0.4, -0.2) is 85.1 Å². The van der Waals surface area contributed by atoms with Crippen molar-refractivity contribution in [2.75, 3.05) is 51.3 Å². The van der Waals surface area contributed by atoms with Gasteiger partial charge >= 0.3 is 12.0 Å². The van der Waals surface area contributed by atoms with E-state index in [9.17, 15) is 19.2 Å². The topological polar surface area (TPSA) is 119 Å². The van der Waals surface area contributed by atoms with Crippen molar-refractivity contribution in [3.8, 4) is 5.75 Å². The van der Waals surface area contributed by atoms with Crippen molar-refractivity contribution < 1.29 is 29.0 Å². The maximum absolute atomic E-state index is 13.3. The van der Waals surface area contributed by atoms with Gasteiger partial charge in [0.15, 0.2) is 0 Å². The normalized spacial score (nSPS) is 20.4. The molecular formula is C26H36N4O6. The largest absolute Gasteiger partial charge is 0.495 e. The molecule has 0 saturated carbocycles. The van der Waals surface area contributed by atoms with Gasteiger partial charge in [0, 0.05) is 31.6 Å². The van der Waals surface area contributed by atoms with Crippen LogP contribution in [0.15, 0.2) is 18.2 Å². The summed E-state index contributed by atoms with van der Waals surface area (Å²) in [6.45, 7) is 3.52. The Bertz CT molecular complexity index is 983. The predicted octanol–water partition coefficient (Wildman–Crippen LogP) is 2.57. The van der Waals surface area contributed by atoms with E-state index in [0.717, 1.165) is 45.2 Å². The summed E-state index contributed by atoms with van der Waals surface area (Å²) in [5.41, 5.74) is 0.986. The van der Waals surface area contributed by atoms with Gasteiger partial charge in [-0.15, -0.1) is 0 Å². The molecule has 3 fully saturated rings. The molecule has 1 aromatic carbocycles. The van der Waals surface area contributed by atoms with Crippen LogP contribution in [0.4, 0.5) is 10.5 Å². The standard InChI is InChI=1S/C26H36N4O6/c1-36-22-5-4-20(16-21(22)30-15-10-23(31)27-26(30)35)25(34)29-13-8-19(9-14-29)3-2-18-6-11-28(12-7-18)17-24(32)33/h4-5,16,18-19H,2-3,6-15,17H2,1H3,(H,32,33)(H,27,31,35). The summed E-state index contributed by atoms with van der Waals surface area (Å²) in [7, 11) is 1.51. The SMILES string of the molecule is COc1ccc(C(=O)N2CCC(CCC3CCN(CC(=O)O)CC3)CC2)cc1N1CCC(=O)NC1=O. The molecule has 4 amide bonds. The van der Waals surface area contributed by atoms with Gasteiger partial charge in [-0.2, -0.15) is 0 Å².